The van der Waals surface area contributed by atoms with E-state index >= 15 is 0 Å². The van der Waals surface area contributed by atoms with Crippen LogP contribution in [-0.4, -0.2) is 116 Å². The number of amides is 3. The number of benzene rings is 1. The largest absolute Gasteiger partial charge is 0.492 e. The quantitative estimate of drug-likeness (QED) is 0.582. The van der Waals surface area contributed by atoms with Gasteiger partial charge in [0.05, 0.1) is 43.5 Å². The van der Waals surface area contributed by atoms with E-state index in [1.165, 1.54) is 0 Å². The number of fused-ring (bicyclic) bond motifs is 2. The van der Waals surface area contributed by atoms with Gasteiger partial charge >= 0.3 is 12.1 Å². The van der Waals surface area contributed by atoms with Crippen molar-refractivity contribution in [3.8, 4) is 11.8 Å². The Morgan fingerprint density at radius 1 is 1.09 bits per heavy atom. The smallest absolute Gasteiger partial charge is 0.410 e. The normalized spacial score (nSPS) is 20.1. The number of carbonyl (C=O) groups is 2. The monoisotopic (exact) mass is 487 g/mol. The minimum Gasteiger partial charge on any atom is -0.492 e. The van der Waals surface area contributed by atoms with Gasteiger partial charge in [0, 0.05) is 40.3 Å². The molecule has 192 valence electrons. The Morgan fingerprint density at radius 2 is 1.71 bits per heavy atom. The van der Waals surface area contributed by atoms with Crippen molar-refractivity contribution in [1.29, 1.82) is 5.26 Å². The van der Waals surface area contributed by atoms with Gasteiger partial charge in [-0.15, -0.1) is 0 Å². The van der Waals surface area contributed by atoms with Crippen LogP contribution in [0, 0.1) is 11.3 Å². The molecule has 2 atom stereocenters. The maximum atomic E-state index is 12.7. The number of hydrogen-bond donors (Lipinski definition) is 0. The van der Waals surface area contributed by atoms with E-state index in [4.69, 9.17) is 19.5 Å². The molecule has 35 heavy (non-hydrogen) atoms. The highest BCUT2D eigenvalue weighted by Gasteiger charge is 2.38. The van der Waals surface area contributed by atoms with Gasteiger partial charge < -0.3 is 28.9 Å². The molecule has 2 saturated heterocycles. The predicted octanol–water partition coefficient (Wildman–Crippen LogP) is 2.24. The lowest BCUT2D eigenvalue weighted by molar-refractivity contribution is -0.136. The highest BCUT2D eigenvalue weighted by atomic mass is 16.6. The fourth-order valence-electron chi connectivity index (χ4n) is 4.18. The molecule has 3 amide bonds. The maximum absolute atomic E-state index is 12.7. The Morgan fingerprint density at radius 3 is 2.26 bits per heavy atom. The van der Waals surface area contributed by atoms with E-state index in [0.29, 0.717) is 63.7 Å². The summed E-state index contributed by atoms with van der Waals surface area (Å²) >= 11 is 0. The molecule has 3 rings (SSSR count). The standard InChI is InChI=1S/C25H37N5O5/c1-25(2,3)35-24(32)30-17-21-15-28(16-22(18-30)34-21)10-11-29(23(31)27(4)5)12-13-33-20-8-6-19(14-26)7-9-20/h6-9,21-22H,10-13,15-18H2,1-5H3. The summed E-state index contributed by atoms with van der Waals surface area (Å²) in [6.07, 6.45) is -0.449. The van der Waals surface area contributed by atoms with Gasteiger partial charge in [0.25, 0.3) is 0 Å². The summed E-state index contributed by atoms with van der Waals surface area (Å²) in [5.74, 6) is 0.664. The number of hydrogen-bond acceptors (Lipinski definition) is 7. The first-order valence-corrected chi connectivity index (χ1v) is 12.0. The average Bonchev–Trinajstić information content (AvgIpc) is 2.79. The molecule has 2 aliphatic heterocycles. The molecule has 0 saturated carbocycles. The third-order valence-corrected chi connectivity index (χ3v) is 5.76. The van der Waals surface area contributed by atoms with Crippen LogP contribution >= 0.6 is 0 Å². The molecular weight excluding hydrogens is 450 g/mol. The van der Waals surface area contributed by atoms with Crippen LogP contribution in [0.2, 0.25) is 0 Å². The van der Waals surface area contributed by atoms with E-state index in [9.17, 15) is 9.59 Å². The number of rotatable bonds is 7. The van der Waals surface area contributed by atoms with Gasteiger partial charge in [-0.2, -0.15) is 5.26 Å². The zero-order valence-corrected chi connectivity index (χ0v) is 21.4. The van der Waals surface area contributed by atoms with Gasteiger partial charge in [-0.3, -0.25) is 4.90 Å². The molecule has 2 fully saturated rings. The van der Waals surface area contributed by atoms with E-state index in [1.54, 1.807) is 53.1 Å². The van der Waals surface area contributed by atoms with Crippen LogP contribution in [0.5, 0.6) is 5.75 Å². The van der Waals surface area contributed by atoms with Crippen molar-refractivity contribution in [1.82, 2.24) is 19.6 Å². The number of urea groups is 1. The molecule has 2 heterocycles. The number of morpholine rings is 2. The van der Waals surface area contributed by atoms with Gasteiger partial charge in [0.2, 0.25) is 0 Å². The van der Waals surface area contributed by atoms with E-state index in [0.717, 1.165) is 0 Å². The van der Waals surface area contributed by atoms with Crippen molar-refractivity contribution in [3.63, 3.8) is 0 Å². The Labute approximate surface area is 207 Å². The molecular formula is C25H37N5O5. The summed E-state index contributed by atoms with van der Waals surface area (Å²) in [6, 6.07) is 8.93. The van der Waals surface area contributed by atoms with Crippen LogP contribution in [0.3, 0.4) is 0 Å². The fraction of sp³-hybridized carbons (Fsp3) is 0.640. The Balaban J connectivity index is 1.49. The third-order valence-electron chi connectivity index (χ3n) is 5.76. The molecule has 0 radical (unpaired) electrons. The molecule has 10 nitrogen and oxygen atoms in total. The van der Waals surface area contributed by atoms with Gasteiger partial charge in [-0.05, 0) is 45.0 Å². The third kappa shape index (κ3) is 8.01. The van der Waals surface area contributed by atoms with Crippen LogP contribution in [0.15, 0.2) is 24.3 Å². The zero-order valence-electron chi connectivity index (χ0n) is 21.4. The first-order chi connectivity index (χ1) is 16.5. The number of nitriles is 1. The van der Waals surface area contributed by atoms with Crippen LogP contribution in [-0.2, 0) is 9.47 Å². The minimum absolute atomic E-state index is 0.0713. The van der Waals surface area contributed by atoms with Crippen molar-refractivity contribution in [3.05, 3.63) is 29.8 Å². The van der Waals surface area contributed by atoms with Gasteiger partial charge in [0.1, 0.15) is 18.0 Å². The SMILES string of the molecule is CN(C)C(=O)N(CCOc1ccc(C#N)cc1)CCN1CC2CN(C(=O)OC(C)(C)C)CC(C1)O2. The van der Waals surface area contributed by atoms with Crippen molar-refractivity contribution in [2.24, 2.45) is 0 Å². The summed E-state index contributed by atoms with van der Waals surface area (Å²) in [5.41, 5.74) is 0.0502. The Hall–Kier alpha value is -3.03. The lowest BCUT2D eigenvalue weighted by Gasteiger charge is -2.46. The molecule has 0 N–H and O–H groups in total. The lowest BCUT2D eigenvalue weighted by atomic mass is 10.1. The first-order valence-electron chi connectivity index (χ1n) is 12.0. The Bertz CT molecular complexity index is 894. The van der Waals surface area contributed by atoms with Crippen LogP contribution in [0.25, 0.3) is 0 Å². The maximum Gasteiger partial charge on any atom is 0.410 e. The second kappa shape index (κ2) is 11.6. The highest BCUT2D eigenvalue weighted by molar-refractivity contribution is 5.73. The second-order valence-electron chi connectivity index (χ2n) is 10.2. The highest BCUT2D eigenvalue weighted by Crippen LogP contribution is 2.21. The number of ether oxygens (including phenoxy) is 3. The van der Waals surface area contributed by atoms with Gasteiger partial charge in [-0.25, -0.2) is 9.59 Å². The Kier molecular flexibility index (Phi) is 8.81. The van der Waals surface area contributed by atoms with Crippen LogP contribution in [0.4, 0.5) is 9.59 Å². The molecule has 10 heteroatoms. The summed E-state index contributed by atoms with van der Waals surface area (Å²) in [4.78, 5) is 32.6. The van der Waals surface area contributed by atoms with Crippen LogP contribution < -0.4 is 4.74 Å². The van der Waals surface area contributed by atoms with Gasteiger partial charge in [-0.1, -0.05) is 0 Å². The topological polar surface area (TPSA) is 98.6 Å². The van der Waals surface area contributed by atoms with Gasteiger partial charge in [0.15, 0.2) is 0 Å². The molecule has 2 aliphatic rings. The van der Waals surface area contributed by atoms with Crippen molar-refractivity contribution < 1.29 is 23.8 Å². The van der Waals surface area contributed by atoms with Crippen molar-refractivity contribution >= 4 is 12.1 Å². The second-order valence-corrected chi connectivity index (χ2v) is 10.2. The summed E-state index contributed by atoms with van der Waals surface area (Å²) in [7, 11) is 3.47. The van der Waals surface area contributed by atoms with E-state index < -0.39 is 5.60 Å². The molecule has 1 aromatic rings. The van der Waals surface area contributed by atoms with Crippen molar-refractivity contribution in [2.45, 2.75) is 38.6 Å². The summed E-state index contributed by atoms with van der Waals surface area (Å²) in [5, 5.41) is 8.91. The minimum atomic E-state index is -0.525. The van der Waals surface area contributed by atoms with E-state index in [-0.39, 0.29) is 24.3 Å². The lowest BCUT2D eigenvalue weighted by Crippen LogP contribution is -2.61. The molecule has 2 unspecified atom stereocenters. The van der Waals surface area contributed by atoms with E-state index in [2.05, 4.69) is 11.0 Å². The number of nitrogens with zero attached hydrogens (tertiary/aromatic N) is 5. The van der Waals surface area contributed by atoms with Crippen LogP contribution in [0.1, 0.15) is 26.3 Å². The fourth-order valence-corrected chi connectivity index (χ4v) is 4.18. The summed E-state index contributed by atoms with van der Waals surface area (Å²) in [6.45, 7) is 10.1. The average molecular weight is 488 g/mol. The zero-order chi connectivity index (χ0) is 25.6. The number of carbonyl (C=O) groups excluding carboxylic acids is 2. The van der Waals surface area contributed by atoms with E-state index in [1.807, 2.05) is 20.8 Å². The van der Waals surface area contributed by atoms with Crippen molar-refractivity contribution in [2.75, 3.05) is 66.5 Å². The molecule has 0 aromatic heterocycles. The molecule has 2 bridgehead atoms. The molecule has 0 aliphatic carbocycles. The first kappa shape index (κ1) is 26.6. The molecule has 0 spiro atoms. The summed E-state index contributed by atoms with van der Waals surface area (Å²) < 4.78 is 17.4. The predicted molar refractivity (Wildman–Crippen MR) is 130 cm³/mol. The molecule has 1 aromatic carbocycles.